The quantitative estimate of drug-likeness (QED) is 0.400. The van der Waals surface area contributed by atoms with Gasteiger partial charge in [0.1, 0.15) is 0 Å². The van der Waals surface area contributed by atoms with E-state index in [4.69, 9.17) is 6.42 Å². The molecule has 0 saturated carbocycles. The summed E-state index contributed by atoms with van der Waals surface area (Å²) in [5.41, 5.74) is 1.96. The maximum atomic E-state index is 5.11. The van der Waals surface area contributed by atoms with E-state index in [0.717, 1.165) is 11.1 Å². The molecule has 0 nitrogen and oxygen atoms in total. The van der Waals surface area contributed by atoms with Gasteiger partial charge in [0.05, 0.1) is 0 Å². The van der Waals surface area contributed by atoms with Crippen LogP contribution in [-0.4, -0.2) is 0 Å². The molecule has 0 rings (SSSR count). The van der Waals surface area contributed by atoms with Gasteiger partial charge in [-0.05, 0) is 19.4 Å². The van der Waals surface area contributed by atoms with Crippen molar-refractivity contribution in [2.45, 2.75) is 13.8 Å². The van der Waals surface area contributed by atoms with Gasteiger partial charge in [-0.25, -0.2) is 0 Å². The van der Waals surface area contributed by atoms with Crippen LogP contribution in [0.5, 0.6) is 0 Å². The minimum absolute atomic E-state index is 0.928. The number of terminal acetylenes is 1. The Balaban J connectivity index is 3.98. The fourth-order valence-corrected chi connectivity index (χ4v) is 0.405. The number of allylic oxidation sites excluding steroid dienone is 5. The van der Waals surface area contributed by atoms with E-state index in [0.29, 0.717) is 0 Å². The van der Waals surface area contributed by atoms with Crippen LogP contribution in [0.4, 0.5) is 0 Å². The Bertz CT molecular complexity index is 209. The molecule has 0 aliphatic carbocycles. The van der Waals surface area contributed by atoms with Gasteiger partial charge in [0.2, 0.25) is 0 Å². The molecule has 0 unspecified atom stereocenters. The highest BCUT2D eigenvalue weighted by molar-refractivity contribution is 5.28. The first kappa shape index (κ1) is 8.78. The van der Waals surface area contributed by atoms with Crippen molar-refractivity contribution in [2.24, 2.45) is 0 Å². The first-order valence-electron chi connectivity index (χ1n) is 3.14. The first-order chi connectivity index (χ1) is 4.66. The van der Waals surface area contributed by atoms with Crippen LogP contribution in [0.3, 0.4) is 0 Å². The third-order valence-corrected chi connectivity index (χ3v) is 0.955. The number of rotatable bonds is 2. The van der Waals surface area contributed by atoms with Crippen molar-refractivity contribution >= 4 is 0 Å². The topological polar surface area (TPSA) is 0 Å². The summed E-state index contributed by atoms with van der Waals surface area (Å²) < 4.78 is 0. The van der Waals surface area contributed by atoms with Gasteiger partial charge in [-0.15, -0.1) is 6.42 Å². The zero-order valence-electron chi connectivity index (χ0n) is 6.52. The van der Waals surface area contributed by atoms with Crippen molar-refractivity contribution < 1.29 is 0 Å². The van der Waals surface area contributed by atoms with Crippen LogP contribution in [0, 0.1) is 12.3 Å². The van der Waals surface area contributed by atoms with E-state index >= 15 is 0 Å². The van der Waals surface area contributed by atoms with Gasteiger partial charge in [-0.3, -0.25) is 0 Å². The highest BCUT2D eigenvalue weighted by Crippen LogP contribution is 1.93. The molecule has 0 saturated heterocycles. The molecule has 0 aliphatic rings. The molecule has 0 aliphatic heterocycles. The fourth-order valence-electron chi connectivity index (χ4n) is 0.405. The monoisotopic (exact) mass is 132 g/mol. The Kier molecular flexibility index (Phi) is 4.07. The summed E-state index contributed by atoms with van der Waals surface area (Å²) in [6.45, 7) is 7.54. The second-order valence-corrected chi connectivity index (χ2v) is 2.20. The van der Waals surface area contributed by atoms with Crippen LogP contribution in [0.15, 0.2) is 36.0 Å². The van der Waals surface area contributed by atoms with Crippen LogP contribution < -0.4 is 0 Å². The predicted molar refractivity (Wildman–Crippen MR) is 46.5 cm³/mol. The Morgan fingerprint density at radius 2 is 2.10 bits per heavy atom. The van der Waals surface area contributed by atoms with Gasteiger partial charge >= 0.3 is 0 Å². The average Bonchev–Trinajstić information content (AvgIpc) is 1.87. The molecular formula is C10H12. The van der Waals surface area contributed by atoms with E-state index in [1.165, 1.54) is 0 Å². The van der Waals surface area contributed by atoms with Gasteiger partial charge in [0, 0.05) is 0 Å². The van der Waals surface area contributed by atoms with Crippen molar-refractivity contribution in [3.8, 4) is 12.3 Å². The minimum atomic E-state index is 0.928. The third-order valence-electron chi connectivity index (χ3n) is 0.955. The highest BCUT2D eigenvalue weighted by atomic mass is 13.8. The summed E-state index contributed by atoms with van der Waals surface area (Å²) in [7, 11) is 0. The number of hydrogen-bond acceptors (Lipinski definition) is 0. The summed E-state index contributed by atoms with van der Waals surface area (Å²) in [5, 5.41) is 0. The highest BCUT2D eigenvalue weighted by Gasteiger charge is 1.74. The van der Waals surface area contributed by atoms with Crippen molar-refractivity contribution in [1.82, 2.24) is 0 Å². The molecule has 0 atom stereocenters. The molecule has 10 heavy (non-hydrogen) atoms. The SMILES string of the molecule is C#C/C(C)=C/C=C/C(=C)C. The molecule has 0 aromatic heterocycles. The Hall–Kier alpha value is -1.22. The molecule has 0 amide bonds. The van der Waals surface area contributed by atoms with Crippen LogP contribution in [0.2, 0.25) is 0 Å². The maximum absolute atomic E-state index is 5.11. The van der Waals surface area contributed by atoms with Gasteiger partial charge in [-0.1, -0.05) is 36.3 Å². The standard InChI is InChI=1S/C10H12/c1-5-10(4)8-6-7-9(2)3/h1,6-8H,2H2,3-4H3/b7-6+,10-8+. The van der Waals surface area contributed by atoms with E-state index in [1.807, 2.05) is 32.1 Å². The van der Waals surface area contributed by atoms with Crippen molar-refractivity contribution in [2.75, 3.05) is 0 Å². The first-order valence-corrected chi connectivity index (χ1v) is 3.14. The normalized spacial score (nSPS) is 11.5. The van der Waals surface area contributed by atoms with E-state index in [9.17, 15) is 0 Å². The lowest BCUT2D eigenvalue weighted by atomic mass is 10.2. The summed E-state index contributed by atoms with van der Waals surface area (Å²) in [4.78, 5) is 0. The lowest BCUT2D eigenvalue weighted by Crippen LogP contribution is -1.64. The molecule has 0 heteroatoms. The lowest BCUT2D eigenvalue weighted by molar-refractivity contribution is 1.54. The Morgan fingerprint density at radius 1 is 1.50 bits per heavy atom. The molecular weight excluding hydrogens is 120 g/mol. The van der Waals surface area contributed by atoms with Crippen LogP contribution in [0.1, 0.15) is 13.8 Å². The fraction of sp³-hybridized carbons (Fsp3) is 0.200. The van der Waals surface area contributed by atoms with E-state index in [-0.39, 0.29) is 0 Å². The van der Waals surface area contributed by atoms with Gasteiger partial charge in [0.15, 0.2) is 0 Å². The largest absolute Gasteiger partial charge is 0.115 e. The van der Waals surface area contributed by atoms with Crippen molar-refractivity contribution in [1.29, 1.82) is 0 Å². The number of hydrogen-bond donors (Lipinski definition) is 0. The molecule has 0 radical (unpaired) electrons. The molecule has 0 fully saturated rings. The zero-order chi connectivity index (χ0) is 7.98. The van der Waals surface area contributed by atoms with Crippen LogP contribution in [0.25, 0.3) is 0 Å². The molecule has 0 heterocycles. The molecule has 0 spiro atoms. The van der Waals surface area contributed by atoms with Gasteiger partial charge < -0.3 is 0 Å². The summed E-state index contributed by atoms with van der Waals surface area (Å²) >= 11 is 0. The van der Waals surface area contributed by atoms with Crippen LogP contribution >= 0.6 is 0 Å². The minimum Gasteiger partial charge on any atom is -0.115 e. The van der Waals surface area contributed by atoms with Crippen molar-refractivity contribution in [3.05, 3.63) is 36.0 Å². The summed E-state index contributed by atoms with van der Waals surface area (Å²) in [5.74, 6) is 2.52. The molecule has 0 bridgehead atoms. The smallest absolute Gasteiger partial charge is 0.00135 e. The van der Waals surface area contributed by atoms with Gasteiger partial charge in [-0.2, -0.15) is 0 Å². The van der Waals surface area contributed by atoms with E-state index < -0.39 is 0 Å². The van der Waals surface area contributed by atoms with Gasteiger partial charge in [0.25, 0.3) is 0 Å². The molecule has 0 aromatic rings. The Labute approximate surface area is 63.0 Å². The predicted octanol–water partition coefficient (Wildman–Crippen LogP) is 2.70. The summed E-state index contributed by atoms with van der Waals surface area (Å²) in [6.07, 6.45) is 10.8. The zero-order valence-corrected chi connectivity index (χ0v) is 6.52. The van der Waals surface area contributed by atoms with E-state index in [2.05, 4.69) is 12.5 Å². The Morgan fingerprint density at radius 3 is 2.50 bits per heavy atom. The second-order valence-electron chi connectivity index (χ2n) is 2.20. The maximum Gasteiger partial charge on any atom is -0.00135 e. The van der Waals surface area contributed by atoms with Crippen molar-refractivity contribution in [3.63, 3.8) is 0 Å². The lowest BCUT2D eigenvalue weighted by Gasteiger charge is -1.82. The summed E-state index contributed by atoms with van der Waals surface area (Å²) in [6, 6.07) is 0. The molecule has 0 aromatic carbocycles. The third kappa shape index (κ3) is 4.93. The molecule has 0 N–H and O–H groups in total. The average molecular weight is 132 g/mol. The second kappa shape index (κ2) is 4.64. The van der Waals surface area contributed by atoms with Crippen LogP contribution in [-0.2, 0) is 0 Å². The molecule has 52 valence electrons. The van der Waals surface area contributed by atoms with E-state index in [1.54, 1.807) is 0 Å².